The molecule has 1 heterocycles. The van der Waals surface area contributed by atoms with E-state index in [0.29, 0.717) is 56.7 Å². The minimum absolute atomic E-state index is 0.0129. The quantitative estimate of drug-likeness (QED) is 0.374. The van der Waals surface area contributed by atoms with Crippen LogP contribution in [0, 0.1) is 13.8 Å². The highest BCUT2D eigenvalue weighted by atomic mass is 16.5. The van der Waals surface area contributed by atoms with E-state index in [1.165, 1.54) is 6.92 Å². The van der Waals surface area contributed by atoms with Crippen LogP contribution in [0.3, 0.4) is 0 Å². The molecule has 0 radical (unpaired) electrons. The molecule has 3 rings (SSSR count). The molecule has 33 heavy (non-hydrogen) atoms. The molecule has 0 spiro atoms. The maximum Gasteiger partial charge on any atom is 0.308 e. The van der Waals surface area contributed by atoms with E-state index < -0.39 is 5.97 Å². The average Bonchev–Trinajstić information content (AvgIpc) is 2.78. The first-order valence-electron chi connectivity index (χ1n) is 11.4. The largest absolute Gasteiger partial charge is 0.493 e. The van der Waals surface area contributed by atoms with Crippen LogP contribution >= 0.6 is 0 Å². The van der Waals surface area contributed by atoms with E-state index in [2.05, 4.69) is 5.32 Å². The number of ether oxygens (including phenoxy) is 2. The second kappa shape index (κ2) is 11.5. The standard InChI is InChI=1S/C26H32N2O5/c1-18-7-4-8-19(2)25(18)32-16-6-11-24(30)27-22-12-14-28(15-13-22)26(31)21-9-5-10-23(17-21)33-20(3)29/h4-5,7-10,17,22H,6,11-16H2,1-3H3,(H,27,30). The highest BCUT2D eigenvalue weighted by Crippen LogP contribution is 2.22. The third-order valence-electron chi connectivity index (χ3n) is 5.69. The summed E-state index contributed by atoms with van der Waals surface area (Å²) < 4.78 is 10.9. The zero-order chi connectivity index (χ0) is 23.8. The van der Waals surface area contributed by atoms with Crippen LogP contribution in [0.1, 0.15) is 54.1 Å². The lowest BCUT2D eigenvalue weighted by molar-refractivity contribution is -0.132. The predicted molar refractivity (Wildman–Crippen MR) is 125 cm³/mol. The molecule has 0 unspecified atom stereocenters. The molecule has 7 heteroatoms. The Labute approximate surface area is 195 Å². The van der Waals surface area contributed by atoms with Crippen molar-refractivity contribution < 1.29 is 23.9 Å². The molecule has 2 amide bonds. The molecule has 1 aliphatic rings. The first-order chi connectivity index (χ1) is 15.8. The highest BCUT2D eigenvalue weighted by Gasteiger charge is 2.24. The number of rotatable bonds is 8. The van der Waals surface area contributed by atoms with E-state index in [9.17, 15) is 14.4 Å². The van der Waals surface area contributed by atoms with Gasteiger partial charge in [0.15, 0.2) is 0 Å². The van der Waals surface area contributed by atoms with Gasteiger partial charge in [-0.15, -0.1) is 0 Å². The number of hydrogen-bond acceptors (Lipinski definition) is 5. The summed E-state index contributed by atoms with van der Waals surface area (Å²) in [6.45, 7) is 6.99. The molecular formula is C26H32N2O5. The van der Waals surface area contributed by atoms with Gasteiger partial charge < -0.3 is 19.7 Å². The van der Waals surface area contributed by atoms with E-state index in [-0.39, 0.29) is 17.9 Å². The first kappa shape index (κ1) is 24.3. The number of nitrogens with one attached hydrogen (secondary N) is 1. The maximum atomic E-state index is 12.8. The molecule has 0 bridgehead atoms. The minimum Gasteiger partial charge on any atom is -0.493 e. The van der Waals surface area contributed by atoms with Gasteiger partial charge in [0.25, 0.3) is 5.91 Å². The molecule has 1 N–H and O–H groups in total. The number of carbonyl (C=O) groups excluding carboxylic acids is 3. The molecule has 1 fully saturated rings. The topological polar surface area (TPSA) is 84.9 Å². The van der Waals surface area contributed by atoms with Crippen LogP contribution in [0.15, 0.2) is 42.5 Å². The van der Waals surface area contributed by atoms with Crippen LogP contribution in [0.25, 0.3) is 0 Å². The summed E-state index contributed by atoms with van der Waals surface area (Å²) in [5.41, 5.74) is 2.68. The molecule has 0 aromatic heterocycles. The lowest BCUT2D eigenvalue weighted by atomic mass is 10.0. The third-order valence-corrected chi connectivity index (χ3v) is 5.69. The van der Waals surface area contributed by atoms with E-state index in [1.807, 2.05) is 32.0 Å². The molecule has 1 aliphatic heterocycles. The number of benzene rings is 2. The minimum atomic E-state index is -0.423. The van der Waals surface area contributed by atoms with Gasteiger partial charge in [-0.2, -0.15) is 0 Å². The third kappa shape index (κ3) is 7.07. The van der Waals surface area contributed by atoms with E-state index in [0.717, 1.165) is 16.9 Å². The fourth-order valence-corrected chi connectivity index (χ4v) is 4.00. The zero-order valence-electron chi connectivity index (χ0n) is 19.6. The molecular weight excluding hydrogens is 420 g/mol. The summed E-state index contributed by atoms with van der Waals surface area (Å²) in [4.78, 5) is 38.0. The van der Waals surface area contributed by atoms with Gasteiger partial charge in [0.2, 0.25) is 5.91 Å². The molecule has 7 nitrogen and oxygen atoms in total. The molecule has 2 aromatic carbocycles. The SMILES string of the molecule is CC(=O)Oc1cccc(C(=O)N2CCC(NC(=O)CCCOc3c(C)cccc3C)CC2)c1. The van der Waals surface area contributed by atoms with Gasteiger partial charge in [-0.1, -0.05) is 24.3 Å². The Kier molecular flexibility index (Phi) is 8.46. The molecule has 0 aliphatic carbocycles. The van der Waals surface area contributed by atoms with Gasteiger partial charge in [-0.05, 0) is 62.4 Å². The molecule has 0 atom stereocenters. The van der Waals surface area contributed by atoms with Gasteiger partial charge in [0.05, 0.1) is 6.61 Å². The number of para-hydroxylation sites is 1. The number of aryl methyl sites for hydroxylation is 2. The van der Waals surface area contributed by atoms with Gasteiger partial charge in [0, 0.05) is 38.0 Å². The van der Waals surface area contributed by atoms with E-state index in [4.69, 9.17) is 9.47 Å². The Hall–Kier alpha value is -3.35. The molecule has 2 aromatic rings. The summed E-state index contributed by atoms with van der Waals surface area (Å²) in [6, 6.07) is 12.7. The van der Waals surface area contributed by atoms with Crippen LogP contribution < -0.4 is 14.8 Å². The molecule has 1 saturated heterocycles. The number of amides is 2. The Balaban J connectivity index is 1.39. The van der Waals surface area contributed by atoms with Crippen molar-refractivity contribution in [1.29, 1.82) is 0 Å². The van der Waals surface area contributed by atoms with Crippen molar-refractivity contribution in [2.75, 3.05) is 19.7 Å². The van der Waals surface area contributed by atoms with Crippen LogP contribution in [0.2, 0.25) is 0 Å². The number of esters is 1. The summed E-state index contributed by atoms with van der Waals surface area (Å²) in [5, 5.41) is 3.08. The Bertz CT molecular complexity index is 976. The number of likely N-dealkylation sites (tertiary alicyclic amines) is 1. The van der Waals surface area contributed by atoms with Crippen molar-refractivity contribution in [2.45, 2.75) is 52.5 Å². The van der Waals surface area contributed by atoms with Crippen LogP contribution in [0.4, 0.5) is 0 Å². The summed E-state index contributed by atoms with van der Waals surface area (Å²) in [7, 11) is 0. The summed E-state index contributed by atoms with van der Waals surface area (Å²) in [5.74, 6) is 0.745. The Morgan fingerprint density at radius 1 is 1.03 bits per heavy atom. The second-order valence-corrected chi connectivity index (χ2v) is 8.43. The molecule has 0 saturated carbocycles. The Morgan fingerprint density at radius 2 is 1.70 bits per heavy atom. The van der Waals surface area contributed by atoms with Gasteiger partial charge in [0.1, 0.15) is 11.5 Å². The normalized spacial score (nSPS) is 14.0. The lowest BCUT2D eigenvalue weighted by Crippen LogP contribution is -2.46. The Morgan fingerprint density at radius 3 is 2.36 bits per heavy atom. The van der Waals surface area contributed by atoms with Gasteiger partial charge in [-0.3, -0.25) is 14.4 Å². The van der Waals surface area contributed by atoms with Gasteiger partial charge in [-0.25, -0.2) is 0 Å². The smallest absolute Gasteiger partial charge is 0.308 e. The van der Waals surface area contributed by atoms with Gasteiger partial charge >= 0.3 is 5.97 Å². The van der Waals surface area contributed by atoms with Crippen molar-refractivity contribution in [2.24, 2.45) is 0 Å². The number of piperidine rings is 1. The van der Waals surface area contributed by atoms with Crippen LogP contribution in [-0.4, -0.2) is 48.4 Å². The monoisotopic (exact) mass is 452 g/mol. The van der Waals surface area contributed by atoms with E-state index in [1.54, 1.807) is 29.2 Å². The highest BCUT2D eigenvalue weighted by molar-refractivity contribution is 5.94. The van der Waals surface area contributed by atoms with Crippen molar-refractivity contribution in [3.05, 3.63) is 59.2 Å². The zero-order valence-corrected chi connectivity index (χ0v) is 19.6. The molecule has 176 valence electrons. The van der Waals surface area contributed by atoms with Crippen LogP contribution in [0.5, 0.6) is 11.5 Å². The maximum absolute atomic E-state index is 12.8. The second-order valence-electron chi connectivity index (χ2n) is 8.43. The predicted octanol–water partition coefficient (Wildman–Crippen LogP) is 3.81. The summed E-state index contributed by atoms with van der Waals surface area (Å²) in [6.07, 6.45) is 2.47. The fraction of sp³-hybridized carbons (Fsp3) is 0.423. The fourth-order valence-electron chi connectivity index (χ4n) is 4.00. The number of nitrogens with zero attached hydrogens (tertiary/aromatic N) is 1. The lowest BCUT2D eigenvalue weighted by Gasteiger charge is -2.32. The number of hydrogen-bond donors (Lipinski definition) is 1. The van der Waals surface area contributed by atoms with Crippen LogP contribution in [-0.2, 0) is 9.59 Å². The van der Waals surface area contributed by atoms with E-state index >= 15 is 0 Å². The average molecular weight is 453 g/mol. The van der Waals surface area contributed by atoms with Crippen molar-refractivity contribution in [3.8, 4) is 11.5 Å². The van der Waals surface area contributed by atoms with Crippen molar-refractivity contribution >= 4 is 17.8 Å². The number of carbonyl (C=O) groups is 3. The summed E-state index contributed by atoms with van der Waals surface area (Å²) >= 11 is 0. The van der Waals surface area contributed by atoms with Crippen molar-refractivity contribution in [3.63, 3.8) is 0 Å². The first-order valence-corrected chi connectivity index (χ1v) is 11.4. The van der Waals surface area contributed by atoms with Crippen molar-refractivity contribution in [1.82, 2.24) is 10.2 Å².